The summed E-state index contributed by atoms with van der Waals surface area (Å²) in [6.45, 7) is 3.22. The number of ether oxygens (including phenoxy) is 1. The van der Waals surface area contributed by atoms with E-state index in [1.54, 1.807) is 50.2 Å². The highest BCUT2D eigenvalue weighted by Crippen LogP contribution is 2.34. The first-order chi connectivity index (χ1) is 19.0. The first-order valence-corrected chi connectivity index (χ1v) is 14.9. The fraction of sp³-hybridized carbons (Fsp3) is 0.370. The van der Waals surface area contributed by atoms with Crippen molar-refractivity contribution in [2.75, 3.05) is 23.5 Å². The molecule has 1 aromatic heterocycles. The molecule has 0 saturated heterocycles. The van der Waals surface area contributed by atoms with Gasteiger partial charge in [0.25, 0.3) is 5.91 Å². The van der Waals surface area contributed by atoms with Gasteiger partial charge < -0.3 is 32.2 Å². The van der Waals surface area contributed by atoms with E-state index in [1.165, 1.54) is 13.2 Å². The lowest BCUT2D eigenvalue weighted by Crippen LogP contribution is -2.40. The van der Waals surface area contributed by atoms with Gasteiger partial charge in [-0.05, 0) is 69.9 Å². The van der Waals surface area contributed by atoms with Crippen LogP contribution in [0, 0.1) is 0 Å². The van der Waals surface area contributed by atoms with Crippen molar-refractivity contribution >= 4 is 56.3 Å². The van der Waals surface area contributed by atoms with Crippen LogP contribution in [0.5, 0.6) is 5.75 Å². The second kappa shape index (κ2) is 12.3. The van der Waals surface area contributed by atoms with Crippen LogP contribution in [-0.4, -0.2) is 48.7 Å². The molecule has 1 aliphatic carbocycles. The molecule has 1 saturated carbocycles. The Morgan fingerprint density at radius 3 is 2.42 bits per heavy atom. The van der Waals surface area contributed by atoms with Crippen LogP contribution in [-0.2, 0) is 9.84 Å². The second-order valence-corrected chi connectivity index (χ2v) is 12.8. The van der Waals surface area contributed by atoms with Gasteiger partial charge in [-0.1, -0.05) is 23.7 Å². The third-order valence-electron chi connectivity index (χ3n) is 6.76. The van der Waals surface area contributed by atoms with Gasteiger partial charge in [0.15, 0.2) is 15.7 Å². The molecule has 40 heavy (non-hydrogen) atoms. The lowest BCUT2D eigenvalue weighted by atomic mass is 9.91. The molecule has 0 radical (unpaired) electrons. The van der Waals surface area contributed by atoms with Gasteiger partial charge >= 0.3 is 0 Å². The fourth-order valence-corrected chi connectivity index (χ4v) is 5.72. The van der Waals surface area contributed by atoms with Crippen molar-refractivity contribution in [1.82, 2.24) is 15.3 Å². The first-order valence-electron chi connectivity index (χ1n) is 12.9. The Bertz CT molecular complexity index is 1490. The number of nitrogens with one attached hydrogen (secondary N) is 3. The lowest BCUT2D eigenvalue weighted by Gasteiger charge is -2.26. The maximum absolute atomic E-state index is 12.9. The number of hydrogen-bond donors (Lipinski definition) is 5. The minimum absolute atomic E-state index is 0.0203. The molecule has 7 N–H and O–H groups in total. The van der Waals surface area contributed by atoms with E-state index in [9.17, 15) is 13.2 Å². The summed E-state index contributed by atoms with van der Waals surface area (Å²) in [7, 11) is -2.11. The summed E-state index contributed by atoms with van der Waals surface area (Å²) in [5.41, 5.74) is 13.3. The smallest absolute Gasteiger partial charge is 0.251 e. The van der Waals surface area contributed by atoms with Crippen molar-refractivity contribution in [3.05, 3.63) is 53.1 Å². The van der Waals surface area contributed by atoms with Gasteiger partial charge in [0.1, 0.15) is 16.6 Å². The van der Waals surface area contributed by atoms with E-state index in [1.807, 2.05) is 0 Å². The zero-order chi connectivity index (χ0) is 29.0. The topological polar surface area (TPSA) is 174 Å². The number of aromatic nitrogens is 2. The molecule has 0 atom stereocenters. The number of carbonyl (C=O) groups is 1. The fourth-order valence-electron chi connectivity index (χ4n) is 4.39. The van der Waals surface area contributed by atoms with E-state index < -0.39 is 15.1 Å². The van der Waals surface area contributed by atoms with Crippen LogP contribution in [0.3, 0.4) is 0 Å². The van der Waals surface area contributed by atoms with Gasteiger partial charge in [0, 0.05) is 17.6 Å². The van der Waals surface area contributed by atoms with Crippen LogP contribution >= 0.6 is 11.6 Å². The largest absolute Gasteiger partial charge is 0.495 e. The predicted molar refractivity (Wildman–Crippen MR) is 157 cm³/mol. The Labute approximate surface area is 239 Å². The standard InChI is InChI=1S/C27H34ClN7O4S/c1-15(2)40(37,38)22-7-5-4-6-20(22)32-25-23(28)24(30)34-27(35-25)33-19-13-8-16(14-21(19)39-3)26(36)31-18-11-9-17(29)10-12-18/h4-8,13-15,17-18H,9-12,29H2,1-3H3,(H,31,36)(H4,30,32,33,34,35)/t17-,18-. The maximum Gasteiger partial charge on any atom is 0.251 e. The van der Waals surface area contributed by atoms with Gasteiger partial charge in [-0.15, -0.1) is 0 Å². The van der Waals surface area contributed by atoms with Crippen molar-refractivity contribution in [2.24, 2.45) is 5.73 Å². The highest BCUT2D eigenvalue weighted by Gasteiger charge is 2.24. The van der Waals surface area contributed by atoms with E-state index in [-0.39, 0.29) is 45.5 Å². The number of amides is 1. The number of anilines is 5. The number of halogens is 1. The van der Waals surface area contributed by atoms with E-state index in [0.29, 0.717) is 22.7 Å². The van der Waals surface area contributed by atoms with Crippen LogP contribution in [0.4, 0.5) is 29.0 Å². The Balaban J connectivity index is 1.57. The molecule has 4 rings (SSSR count). The molecule has 1 amide bonds. The third kappa shape index (κ3) is 6.57. The summed E-state index contributed by atoms with van der Waals surface area (Å²) in [6, 6.07) is 11.7. The summed E-state index contributed by atoms with van der Waals surface area (Å²) in [6.07, 6.45) is 3.47. The maximum atomic E-state index is 12.9. The minimum Gasteiger partial charge on any atom is -0.495 e. The van der Waals surface area contributed by atoms with Gasteiger partial charge in [-0.2, -0.15) is 9.97 Å². The van der Waals surface area contributed by atoms with Crippen molar-refractivity contribution in [3.8, 4) is 5.75 Å². The quantitative estimate of drug-likeness (QED) is 0.241. The van der Waals surface area contributed by atoms with E-state index in [2.05, 4.69) is 25.9 Å². The molecular formula is C27H34ClN7O4S. The number of para-hydroxylation sites is 1. The number of nitrogens with two attached hydrogens (primary N) is 2. The normalized spacial score (nSPS) is 17.4. The SMILES string of the molecule is COc1cc(C(=O)N[C@H]2CC[C@H](N)CC2)ccc1Nc1nc(N)c(Cl)c(Nc2ccccc2S(=O)(=O)C(C)C)n1. The number of nitrogen functional groups attached to an aromatic ring is 1. The van der Waals surface area contributed by atoms with Gasteiger partial charge in [0.2, 0.25) is 5.95 Å². The molecule has 3 aromatic rings. The van der Waals surface area contributed by atoms with Gasteiger partial charge in [0.05, 0.1) is 28.6 Å². The molecule has 1 fully saturated rings. The van der Waals surface area contributed by atoms with Crippen LogP contribution in [0.2, 0.25) is 5.02 Å². The average molecular weight is 588 g/mol. The predicted octanol–water partition coefficient (Wildman–Crippen LogP) is 4.39. The molecule has 214 valence electrons. The molecule has 0 unspecified atom stereocenters. The highest BCUT2D eigenvalue weighted by atomic mass is 35.5. The number of nitrogens with zero attached hydrogens (tertiary/aromatic N) is 2. The molecule has 1 heterocycles. The number of carbonyl (C=O) groups excluding carboxylic acids is 1. The van der Waals surface area contributed by atoms with Gasteiger partial charge in [-0.3, -0.25) is 4.79 Å². The van der Waals surface area contributed by atoms with Crippen LogP contribution in [0.25, 0.3) is 0 Å². The van der Waals surface area contributed by atoms with Crippen molar-refractivity contribution < 1.29 is 17.9 Å². The molecule has 1 aliphatic rings. The summed E-state index contributed by atoms with van der Waals surface area (Å²) in [5, 5.41) is 8.50. The zero-order valence-electron chi connectivity index (χ0n) is 22.6. The number of sulfone groups is 1. The monoisotopic (exact) mass is 587 g/mol. The number of rotatable bonds is 9. The summed E-state index contributed by atoms with van der Waals surface area (Å²) >= 11 is 6.38. The third-order valence-corrected chi connectivity index (χ3v) is 9.34. The van der Waals surface area contributed by atoms with Crippen molar-refractivity contribution in [2.45, 2.75) is 61.8 Å². The Morgan fingerprint density at radius 1 is 1.05 bits per heavy atom. The molecule has 0 spiro atoms. The lowest BCUT2D eigenvalue weighted by molar-refractivity contribution is 0.0925. The Kier molecular flexibility index (Phi) is 9.02. The number of benzene rings is 2. The molecule has 2 aromatic carbocycles. The highest BCUT2D eigenvalue weighted by molar-refractivity contribution is 7.92. The van der Waals surface area contributed by atoms with E-state index in [0.717, 1.165) is 25.7 Å². The molecule has 0 bridgehead atoms. The Hall–Kier alpha value is -3.61. The number of methoxy groups -OCH3 is 1. The summed E-state index contributed by atoms with van der Waals surface area (Å²) in [4.78, 5) is 21.6. The summed E-state index contributed by atoms with van der Waals surface area (Å²) in [5.74, 6) is 0.373. The summed E-state index contributed by atoms with van der Waals surface area (Å²) < 4.78 is 31.3. The zero-order valence-corrected chi connectivity index (χ0v) is 24.1. The van der Waals surface area contributed by atoms with Crippen LogP contribution in [0.15, 0.2) is 47.4 Å². The molecule has 0 aliphatic heterocycles. The second-order valence-electron chi connectivity index (χ2n) is 9.94. The number of hydrogen-bond acceptors (Lipinski definition) is 10. The molecule has 13 heteroatoms. The van der Waals surface area contributed by atoms with E-state index >= 15 is 0 Å². The van der Waals surface area contributed by atoms with Gasteiger partial charge in [-0.25, -0.2) is 8.42 Å². The van der Waals surface area contributed by atoms with Crippen LogP contribution in [0.1, 0.15) is 49.9 Å². The Morgan fingerprint density at radius 2 is 1.75 bits per heavy atom. The van der Waals surface area contributed by atoms with Crippen LogP contribution < -0.4 is 32.2 Å². The molecule has 11 nitrogen and oxygen atoms in total. The van der Waals surface area contributed by atoms with Crippen molar-refractivity contribution in [3.63, 3.8) is 0 Å². The van der Waals surface area contributed by atoms with Crippen molar-refractivity contribution in [1.29, 1.82) is 0 Å². The average Bonchev–Trinajstić information content (AvgIpc) is 2.93. The minimum atomic E-state index is -3.59. The first kappa shape index (κ1) is 29.4. The van der Waals surface area contributed by atoms with E-state index in [4.69, 9.17) is 27.8 Å². The molecular weight excluding hydrogens is 554 g/mol.